The molecule has 1 aliphatic rings. The Balaban J connectivity index is 1.30. The van der Waals surface area contributed by atoms with Gasteiger partial charge in [0.25, 0.3) is 0 Å². The predicted octanol–water partition coefficient (Wildman–Crippen LogP) is 3.19. The summed E-state index contributed by atoms with van der Waals surface area (Å²) in [7, 11) is 3.56. The maximum absolute atomic E-state index is 12.7. The summed E-state index contributed by atoms with van der Waals surface area (Å²) in [5.41, 5.74) is 4.05. The minimum atomic E-state index is -0.0334. The fraction of sp³-hybridized carbons (Fsp3) is 0.417. The van der Waals surface area contributed by atoms with Crippen LogP contribution in [0.2, 0.25) is 0 Å². The Hall–Kier alpha value is -3.02. The molecule has 30 heavy (non-hydrogen) atoms. The summed E-state index contributed by atoms with van der Waals surface area (Å²) in [6.45, 7) is 3.53. The zero-order chi connectivity index (χ0) is 21.3. The average Bonchev–Trinajstić information content (AvgIpc) is 2.96. The van der Waals surface area contributed by atoms with Crippen LogP contribution in [0.5, 0.6) is 5.75 Å². The molecule has 6 nitrogen and oxygen atoms in total. The molecule has 0 unspecified atom stereocenters. The number of rotatable bonds is 5. The van der Waals surface area contributed by atoms with Gasteiger partial charge in [0.2, 0.25) is 5.91 Å². The molecule has 0 spiro atoms. The Morgan fingerprint density at radius 3 is 2.50 bits per heavy atom. The molecule has 0 bridgehead atoms. The van der Waals surface area contributed by atoms with Gasteiger partial charge in [-0.15, -0.1) is 0 Å². The molecule has 0 atom stereocenters. The van der Waals surface area contributed by atoms with Crippen molar-refractivity contribution in [3.8, 4) is 5.75 Å². The highest BCUT2D eigenvalue weighted by Gasteiger charge is 2.23. The van der Waals surface area contributed by atoms with Gasteiger partial charge >= 0.3 is 5.69 Å². The number of ether oxygens (including phenoxy) is 1. The van der Waals surface area contributed by atoms with Gasteiger partial charge < -0.3 is 9.64 Å². The monoisotopic (exact) mass is 407 g/mol. The number of fused-ring (bicyclic) bond motifs is 1. The SMILES string of the molecule is Cc1cccc(OC2CCN(C(=O)CCc3ccc4c(c3)n(C)c(=O)n4C)CC2)c1. The summed E-state index contributed by atoms with van der Waals surface area (Å²) in [4.78, 5) is 26.7. The van der Waals surface area contributed by atoms with E-state index < -0.39 is 0 Å². The third-order valence-corrected chi connectivity index (χ3v) is 6.05. The largest absolute Gasteiger partial charge is 0.490 e. The fourth-order valence-corrected chi connectivity index (χ4v) is 4.22. The number of hydrogen-bond acceptors (Lipinski definition) is 3. The second kappa shape index (κ2) is 8.38. The molecule has 0 saturated carbocycles. The zero-order valence-corrected chi connectivity index (χ0v) is 17.9. The molecule has 0 radical (unpaired) electrons. The van der Waals surface area contributed by atoms with Crippen LogP contribution in [-0.2, 0) is 25.3 Å². The molecule has 3 aromatic rings. The van der Waals surface area contributed by atoms with Crippen molar-refractivity contribution in [2.75, 3.05) is 13.1 Å². The predicted molar refractivity (Wildman–Crippen MR) is 118 cm³/mol. The minimum Gasteiger partial charge on any atom is -0.490 e. The summed E-state index contributed by atoms with van der Waals surface area (Å²) < 4.78 is 9.39. The van der Waals surface area contributed by atoms with Gasteiger partial charge in [-0.05, 0) is 48.7 Å². The molecule has 6 heteroatoms. The van der Waals surface area contributed by atoms with E-state index >= 15 is 0 Å². The van der Waals surface area contributed by atoms with Crippen molar-refractivity contribution >= 4 is 16.9 Å². The van der Waals surface area contributed by atoms with Crippen molar-refractivity contribution in [3.63, 3.8) is 0 Å². The summed E-state index contributed by atoms with van der Waals surface area (Å²) in [6.07, 6.45) is 3.04. The van der Waals surface area contributed by atoms with E-state index in [1.807, 2.05) is 35.2 Å². The van der Waals surface area contributed by atoms with E-state index in [2.05, 4.69) is 19.1 Å². The van der Waals surface area contributed by atoms with Crippen LogP contribution in [0.25, 0.3) is 11.0 Å². The van der Waals surface area contributed by atoms with Crippen molar-refractivity contribution in [2.24, 2.45) is 14.1 Å². The Bertz CT molecular complexity index is 1120. The summed E-state index contributed by atoms with van der Waals surface area (Å²) in [5, 5.41) is 0. The lowest BCUT2D eigenvalue weighted by atomic mass is 10.0. The van der Waals surface area contributed by atoms with E-state index in [0.717, 1.165) is 48.3 Å². The highest BCUT2D eigenvalue weighted by molar-refractivity contribution is 5.78. The number of imidazole rings is 1. The van der Waals surface area contributed by atoms with Crippen molar-refractivity contribution in [1.82, 2.24) is 14.0 Å². The maximum Gasteiger partial charge on any atom is 0.328 e. The molecule has 1 saturated heterocycles. The minimum absolute atomic E-state index is 0.0334. The lowest BCUT2D eigenvalue weighted by Gasteiger charge is -2.32. The van der Waals surface area contributed by atoms with Crippen LogP contribution < -0.4 is 10.4 Å². The zero-order valence-electron chi connectivity index (χ0n) is 17.9. The molecular weight excluding hydrogens is 378 g/mol. The number of piperidine rings is 1. The number of benzene rings is 2. The molecule has 2 aromatic carbocycles. The Morgan fingerprint density at radius 1 is 1.03 bits per heavy atom. The average molecular weight is 408 g/mol. The molecular formula is C24H29N3O3. The normalized spacial score (nSPS) is 15.0. The highest BCUT2D eigenvalue weighted by Crippen LogP contribution is 2.21. The topological polar surface area (TPSA) is 56.5 Å². The Morgan fingerprint density at radius 2 is 1.77 bits per heavy atom. The highest BCUT2D eigenvalue weighted by atomic mass is 16.5. The fourth-order valence-electron chi connectivity index (χ4n) is 4.22. The quantitative estimate of drug-likeness (QED) is 0.653. The lowest BCUT2D eigenvalue weighted by Crippen LogP contribution is -2.41. The molecule has 4 rings (SSSR count). The second-order valence-corrected chi connectivity index (χ2v) is 8.24. The van der Waals surface area contributed by atoms with Crippen LogP contribution in [0.15, 0.2) is 47.3 Å². The van der Waals surface area contributed by atoms with Crippen LogP contribution in [0.4, 0.5) is 0 Å². The van der Waals surface area contributed by atoms with E-state index in [9.17, 15) is 9.59 Å². The van der Waals surface area contributed by atoms with Crippen LogP contribution in [0, 0.1) is 6.92 Å². The maximum atomic E-state index is 12.7. The van der Waals surface area contributed by atoms with E-state index in [1.165, 1.54) is 5.56 Å². The van der Waals surface area contributed by atoms with Gasteiger partial charge in [-0.1, -0.05) is 18.2 Å². The molecule has 158 valence electrons. The third kappa shape index (κ3) is 4.13. The van der Waals surface area contributed by atoms with E-state index in [-0.39, 0.29) is 17.7 Å². The van der Waals surface area contributed by atoms with Gasteiger partial charge in [0.1, 0.15) is 11.9 Å². The van der Waals surface area contributed by atoms with E-state index in [1.54, 1.807) is 23.2 Å². The number of aromatic nitrogens is 2. The third-order valence-electron chi connectivity index (χ3n) is 6.05. The van der Waals surface area contributed by atoms with Crippen LogP contribution in [0.1, 0.15) is 30.4 Å². The number of carbonyl (C=O) groups excluding carboxylic acids is 1. The smallest absolute Gasteiger partial charge is 0.328 e. The summed E-state index contributed by atoms with van der Waals surface area (Å²) in [5.74, 6) is 1.09. The van der Waals surface area contributed by atoms with Crippen molar-refractivity contribution in [1.29, 1.82) is 0 Å². The summed E-state index contributed by atoms with van der Waals surface area (Å²) in [6, 6.07) is 14.1. The molecule has 0 aliphatic carbocycles. The first kappa shape index (κ1) is 20.3. The van der Waals surface area contributed by atoms with Crippen LogP contribution >= 0.6 is 0 Å². The van der Waals surface area contributed by atoms with E-state index in [0.29, 0.717) is 12.8 Å². The first-order valence-corrected chi connectivity index (χ1v) is 10.6. The van der Waals surface area contributed by atoms with Gasteiger partial charge in [0, 0.05) is 46.4 Å². The molecule has 1 fully saturated rings. The van der Waals surface area contributed by atoms with Gasteiger partial charge in [-0.25, -0.2) is 4.79 Å². The molecule has 0 N–H and O–H groups in total. The molecule has 1 aliphatic heterocycles. The molecule has 1 amide bonds. The lowest BCUT2D eigenvalue weighted by molar-refractivity contribution is -0.132. The molecule has 1 aromatic heterocycles. The van der Waals surface area contributed by atoms with Gasteiger partial charge in [-0.3, -0.25) is 13.9 Å². The number of amides is 1. The Labute approximate surface area is 176 Å². The first-order valence-electron chi connectivity index (χ1n) is 10.6. The number of hydrogen-bond donors (Lipinski definition) is 0. The van der Waals surface area contributed by atoms with Crippen LogP contribution in [-0.4, -0.2) is 39.1 Å². The Kier molecular flexibility index (Phi) is 5.66. The van der Waals surface area contributed by atoms with Crippen LogP contribution in [0.3, 0.4) is 0 Å². The number of likely N-dealkylation sites (tertiary alicyclic amines) is 1. The first-order chi connectivity index (χ1) is 14.4. The number of nitrogens with zero attached hydrogens (tertiary/aromatic N) is 3. The van der Waals surface area contributed by atoms with Gasteiger partial charge in [-0.2, -0.15) is 0 Å². The second-order valence-electron chi connectivity index (χ2n) is 8.24. The van der Waals surface area contributed by atoms with Crippen molar-refractivity contribution < 1.29 is 9.53 Å². The molecule has 2 heterocycles. The summed E-state index contributed by atoms with van der Waals surface area (Å²) >= 11 is 0. The van der Waals surface area contributed by atoms with Crippen molar-refractivity contribution in [3.05, 3.63) is 64.1 Å². The number of carbonyl (C=O) groups is 1. The van der Waals surface area contributed by atoms with Crippen molar-refractivity contribution in [2.45, 2.75) is 38.7 Å². The van der Waals surface area contributed by atoms with Gasteiger partial charge in [0.15, 0.2) is 0 Å². The van der Waals surface area contributed by atoms with Gasteiger partial charge in [0.05, 0.1) is 11.0 Å². The standard InChI is InChI=1S/C24H29N3O3/c1-17-5-4-6-20(15-17)30-19-11-13-27(14-12-19)23(28)10-8-18-7-9-21-22(16-18)26(3)24(29)25(21)2/h4-7,9,15-16,19H,8,10-14H2,1-3H3. The number of aryl methyl sites for hydroxylation is 4. The van der Waals surface area contributed by atoms with E-state index in [4.69, 9.17) is 4.74 Å².